The van der Waals surface area contributed by atoms with Crippen LogP contribution in [0, 0.1) is 0 Å². The summed E-state index contributed by atoms with van der Waals surface area (Å²) in [5, 5.41) is 3.75. The van der Waals surface area contributed by atoms with E-state index in [1.165, 1.54) is 0 Å². The van der Waals surface area contributed by atoms with Gasteiger partial charge in [-0.2, -0.15) is 0 Å². The number of fused-ring (bicyclic) bond motifs is 1. The first-order valence-electron chi connectivity index (χ1n) is 13.6. The van der Waals surface area contributed by atoms with Crippen LogP contribution in [0.2, 0.25) is 0 Å². The molecule has 0 aliphatic carbocycles. The molecule has 0 fully saturated rings. The number of nitrogens with one attached hydrogen (secondary N) is 1. The molecule has 2 amide bonds. The maximum Gasteiger partial charge on any atom is 0.322 e. The normalized spacial score (nSPS) is 12.2. The van der Waals surface area contributed by atoms with Crippen molar-refractivity contribution in [2.45, 2.75) is 52.5 Å². The number of nitrogens with zero attached hydrogens (tertiary/aromatic N) is 3. The van der Waals surface area contributed by atoms with Crippen molar-refractivity contribution in [3.05, 3.63) is 98.5 Å². The summed E-state index contributed by atoms with van der Waals surface area (Å²) in [5.41, 5.74) is 4.07. The van der Waals surface area contributed by atoms with Crippen LogP contribution in [0.15, 0.2) is 76.0 Å². The third-order valence-electron chi connectivity index (χ3n) is 7.13. The van der Waals surface area contributed by atoms with E-state index in [1.807, 2.05) is 55.5 Å². The number of carbonyl (C=O) groups excluding carboxylic acids is 1. The van der Waals surface area contributed by atoms with E-state index in [0.29, 0.717) is 35.6 Å². The number of benzene rings is 3. The molecule has 4 aromatic rings. The monoisotopic (exact) mass is 604 g/mol. The van der Waals surface area contributed by atoms with E-state index < -0.39 is 6.04 Å². The van der Waals surface area contributed by atoms with Gasteiger partial charge in [0.2, 0.25) is 0 Å². The number of amides is 2. The Morgan fingerprint density at radius 1 is 0.950 bits per heavy atom. The van der Waals surface area contributed by atoms with Crippen LogP contribution in [0.4, 0.5) is 10.5 Å². The third kappa shape index (κ3) is 6.13. The van der Waals surface area contributed by atoms with Crippen LogP contribution in [-0.2, 0) is 4.74 Å². The summed E-state index contributed by atoms with van der Waals surface area (Å²) in [4.78, 5) is 34.5. The van der Waals surface area contributed by atoms with Crippen LogP contribution in [0.5, 0.6) is 0 Å². The molecule has 210 valence electrons. The van der Waals surface area contributed by atoms with Gasteiger partial charge >= 0.3 is 6.03 Å². The zero-order valence-electron chi connectivity index (χ0n) is 23.9. The van der Waals surface area contributed by atoms with Crippen molar-refractivity contribution < 1.29 is 9.53 Å². The van der Waals surface area contributed by atoms with Gasteiger partial charge in [0.15, 0.2) is 0 Å². The second-order valence-electron chi connectivity index (χ2n) is 10.5. The summed E-state index contributed by atoms with van der Waals surface area (Å²) in [7, 11) is 1.61. The molecule has 8 heteroatoms. The highest BCUT2D eigenvalue weighted by atomic mass is 79.9. The predicted octanol–water partition coefficient (Wildman–Crippen LogP) is 7.64. The largest absolute Gasteiger partial charge is 0.383 e. The first-order chi connectivity index (χ1) is 19.1. The van der Waals surface area contributed by atoms with Gasteiger partial charge in [0.05, 0.1) is 29.2 Å². The Morgan fingerprint density at radius 2 is 1.57 bits per heavy atom. The molecule has 0 saturated carbocycles. The average Bonchev–Trinajstić information content (AvgIpc) is 2.93. The molecule has 1 atom stereocenters. The Labute approximate surface area is 244 Å². The SMILES string of the molecule is COCCN(C(=O)Nc1c(C(C)C)cccc1C(C)C)C(C)c1nc2ccccc2c(=O)n1-c1ccc(Br)cc1. The summed E-state index contributed by atoms with van der Waals surface area (Å²) < 4.78 is 7.90. The number of rotatable bonds is 9. The smallest absolute Gasteiger partial charge is 0.322 e. The Balaban J connectivity index is 1.85. The number of para-hydroxylation sites is 2. The fraction of sp³-hybridized carbons (Fsp3) is 0.344. The van der Waals surface area contributed by atoms with Gasteiger partial charge in [-0.15, -0.1) is 0 Å². The molecule has 0 radical (unpaired) electrons. The van der Waals surface area contributed by atoms with E-state index in [-0.39, 0.29) is 23.4 Å². The molecule has 1 aromatic heterocycles. The highest BCUT2D eigenvalue weighted by molar-refractivity contribution is 9.10. The topological polar surface area (TPSA) is 76.5 Å². The van der Waals surface area contributed by atoms with Crippen LogP contribution < -0.4 is 10.9 Å². The van der Waals surface area contributed by atoms with Crippen LogP contribution in [0.3, 0.4) is 0 Å². The quantitative estimate of drug-likeness (QED) is 0.213. The number of methoxy groups -OCH3 is 1. The number of carbonyl (C=O) groups is 1. The Kier molecular flexibility index (Phi) is 9.43. The summed E-state index contributed by atoms with van der Waals surface area (Å²) in [6.45, 7) is 11.0. The molecule has 1 N–H and O–H groups in total. The van der Waals surface area contributed by atoms with Gasteiger partial charge in [-0.3, -0.25) is 9.36 Å². The predicted molar refractivity (Wildman–Crippen MR) is 166 cm³/mol. The molecule has 0 aliphatic heterocycles. The molecule has 0 saturated heterocycles. The first kappa shape index (κ1) is 29.5. The third-order valence-corrected chi connectivity index (χ3v) is 7.66. The molecule has 3 aromatic carbocycles. The van der Waals surface area contributed by atoms with Gasteiger partial charge in [0, 0.05) is 23.8 Å². The molecule has 0 aliphatic rings. The van der Waals surface area contributed by atoms with E-state index >= 15 is 0 Å². The van der Waals surface area contributed by atoms with Gasteiger partial charge in [-0.1, -0.05) is 74.0 Å². The molecule has 0 bridgehead atoms. The molecule has 1 heterocycles. The number of halogens is 1. The molecular weight excluding hydrogens is 568 g/mol. The number of hydrogen-bond acceptors (Lipinski definition) is 4. The van der Waals surface area contributed by atoms with Gasteiger partial charge in [0.1, 0.15) is 5.82 Å². The van der Waals surface area contributed by atoms with Gasteiger partial charge in [-0.25, -0.2) is 9.78 Å². The number of aromatic nitrogens is 2. The summed E-state index contributed by atoms with van der Waals surface area (Å²) >= 11 is 3.48. The maximum atomic E-state index is 14.1. The number of hydrogen-bond donors (Lipinski definition) is 1. The minimum Gasteiger partial charge on any atom is -0.383 e. The van der Waals surface area contributed by atoms with Crippen molar-refractivity contribution in [3.63, 3.8) is 0 Å². The fourth-order valence-corrected chi connectivity index (χ4v) is 5.21. The summed E-state index contributed by atoms with van der Waals surface area (Å²) in [5.74, 6) is 0.922. The van der Waals surface area contributed by atoms with Crippen LogP contribution in [0.1, 0.15) is 69.4 Å². The van der Waals surface area contributed by atoms with E-state index in [4.69, 9.17) is 9.72 Å². The van der Waals surface area contributed by atoms with Crippen LogP contribution >= 0.6 is 15.9 Å². The average molecular weight is 606 g/mol. The Hall–Kier alpha value is -3.49. The lowest BCUT2D eigenvalue weighted by Crippen LogP contribution is -2.42. The lowest BCUT2D eigenvalue weighted by Gasteiger charge is -2.31. The summed E-state index contributed by atoms with van der Waals surface area (Å²) in [6.07, 6.45) is 0. The Bertz CT molecular complexity index is 1520. The van der Waals surface area contributed by atoms with Crippen molar-refractivity contribution in [2.75, 3.05) is 25.6 Å². The molecular formula is C32H37BrN4O3. The van der Waals surface area contributed by atoms with E-state index in [1.54, 1.807) is 22.6 Å². The first-order valence-corrected chi connectivity index (χ1v) is 14.4. The van der Waals surface area contributed by atoms with Gasteiger partial charge < -0.3 is 15.0 Å². The van der Waals surface area contributed by atoms with Crippen LogP contribution in [0.25, 0.3) is 16.6 Å². The molecule has 7 nitrogen and oxygen atoms in total. The van der Waals surface area contributed by atoms with E-state index in [9.17, 15) is 9.59 Å². The van der Waals surface area contributed by atoms with E-state index in [2.05, 4.69) is 61.1 Å². The van der Waals surface area contributed by atoms with E-state index in [0.717, 1.165) is 21.3 Å². The highest BCUT2D eigenvalue weighted by Gasteiger charge is 2.28. The summed E-state index contributed by atoms with van der Waals surface area (Å²) in [6, 6.07) is 20.1. The second kappa shape index (κ2) is 12.8. The van der Waals surface area contributed by atoms with Crippen molar-refractivity contribution in [1.29, 1.82) is 0 Å². The fourth-order valence-electron chi connectivity index (χ4n) is 4.94. The van der Waals surface area contributed by atoms with Crippen molar-refractivity contribution in [2.24, 2.45) is 0 Å². The highest BCUT2D eigenvalue weighted by Crippen LogP contribution is 2.33. The second-order valence-corrected chi connectivity index (χ2v) is 11.4. The lowest BCUT2D eigenvalue weighted by molar-refractivity contribution is 0.137. The van der Waals surface area contributed by atoms with Crippen molar-refractivity contribution in [3.8, 4) is 5.69 Å². The lowest BCUT2D eigenvalue weighted by atomic mass is 9.93. The maximum absolute atomic E-state index is 14.1. The molecule has 4 rings (SSSR count). The standard InChI is InChI=1S/C32H37BrN4O3/c1-20(2)25-11-9-12-26(21(3)4)29(25)35-32(39)36(18-19-40-6)22(5)30-34-28-13-8-7-10-27(28)31(38)37(30)24-16-14-23(33)15-17-24/h7-17,20-22H,18-19H2,1-6H3,(H,35,39). The Morgan fingerprint density at radius 3 is 2.17 bits per heavy atom. The number of urea groups is 1. The molecule has 0 spiro atoms. The minimum atomic E-state index is -0.551. The zero-order valence-corrected chi connectivity index (χ0v) is 25.5. The van der Waals surface area contributed by atoms with Crippen molar-refractivity contribution in [1.82, 2.24) is 14.5 Å². The van der Waals surface area contributed by atoms with Crippen molar-refractivity contribution >= 4 is 38.6 Å². The molecule has 40 heavy (non-hydrogen) atoms. The number of ether oxygens (including phenoxy) is 1. The number of anilines is 1. The van der Waals surface area contributed by atoms with Crippen LogP contribution in [-0.4, -0.2) is 40.7 Å². The molecule has 1 unspecified atom stereocenters. The minimum absolute atomic E-state index is 0.186. The van der Waals surface area contributed by atoms with Gasteiger partial charge in [-0.05, 0) is 66.3 Å². The van der Waals surface area contributed by atoms with Gasteiger partial charge in [0.25, 0.3) is 5.56 Å². The zero-order chi connectivity index (χ0) is 29.0.